The number of hydrogen-bond donors (Lipinski definition) is 1. The fourth-order valence-corrected chi connectivity index (χ4v) is 3.94. The van der Waals surface area contributed by atoms with Crippen LogP contribution >= 0.6 is 0 Å². The lowest BCUT2D eigenvalue weighted by Gasteiger charge is -2.36. The van der Waals surface area contributed by atoms with E-state index in [2.05, 4.69) is 53.1 Å². The van der Waals surface area contributed by atoms with E-state index in [9.17, 15) is 9.59 Å². The van der Waals surface area contributed by atoms with Gasteiger partial charge < -0.3 is 15.1 Å². The van der Waals surface area contributed by atoms with Crippen molar-refractivity contribution in [3.05, 3.63) is 82.6 Å². The van der Waals surface area contributed by atoms with Crippen LogP contribution in [-0.4, -0.2) is 41.9 Å². The predicted molar refractivity (Wildman–Crippen MR) is 133 cm³/mol. The average Bonchev–Trinajstić information content (AvgIpc) is 2.81. The first-order chi connectivity index (χ1) is 15.8. The molecule has 33 heavy (non-hydrogen) atoms. The van der Waals surface area contributed by atoms with E-state index in [1.165, 1.54) is 22.0 Å². The van der Waals surface area contributed by atoms with Gasteiger partial charge in [0.25, 0.3) is 5.56 Å². The van der Waals surface area contributed by atoms with Crippen LogP contribution in [0.2, 0.25) is 0 Å². The third-order valence-electron chi connectivity index (χ3n) is 5.91. The number of anilines is 3. The lowest BCUT2D eigenvalue weighted by molar-refractivity contribution is -0.117. The van der Waals surface area contributed by atoms with E-state index in [1.54, 1.807) is 6.07 Å². The summed E-state index contributed by atoms with van der Waals surface area (Å²) in [6.45, 7) is 9.65. The summed E-state index contributed by atoms with van der Waals surface area (Å²) in [4.78, 5) is 29.4. The Balaban J connectivity index is 1.38. The number of hydrogen-bond acceptors (Lipinski definition) is 5. The highest BCUT2D eigenvalue weighted by molar-refractivity contribution is 5.90. The third-order valence-corrected chi connectivity index (χ3v) is 5.91. The maximum absolute atomic E-state index is 12.6. The minimum Gasteiger partial charge on any atom is -0.368 e. The maximum atomic E-state index is 12.6. The lowest BCUT2D eigenvalue weighted by atomic mass is 9.87. The number of nitrogens with one attached hydrogen (secondary N) is 1. The molecule has 2 heterocycles. The fraction of sp³-hybridized carbons (Fsp3) is 0.346. The van der Waals surface area contributed by atoms with Gasteiger partial charge >= 0.3 is 0 Å². The topological polar surface area (TPSA) is 70.5 Å². The summed E-state index contributed by atoms with van der Waals surface area (Å²) in [5.41, 5.74) is 2.86. The van der Waals surface area contributed by atoms with Crippen LogP contribution in [-0.2, 0) is 16.8 Å². The smallest absolute Gasteiger partial charge is 0.267 e. The molecule has 0 unspecified atom stereocenters. The first-order valence-electron chi connectivity index (χ1n) is 11.3. The van der Waals surface area contributed by atoms with Crippen LogP contribution in [0.5, 0.6) is 0 Å². The molecule has 7 heteroatoms. The second-order valence-corrected chi connectivity index (χ2v) is 9.37. The zero-order valence-corrected chi connectivity index (χ0v) is 19.5. The molecule has 1 amide bonds. The quantitative estimate of drug-likeness (QED) is 0.651. The molecule has 4 rings (SSSR count). The molecule has 1 aromatic heterocycles. The van der Waals surface area contributed by atoms with Crippen molar-refractivity contribution in [1.82, 2.24) is 9.78 Å². The van der Waals surface area contributed by atoms with Gasteiger partial charge in [0.15, 0.2) is 0 Å². The number of piperazine rings is 1. The summed E-state index contributed by atoms with van der Waals surface area (Å²) >= 11 is 0. The molecule has 0 atom stereocenters. The molecule has 3 aromatic rings. The predicted octanol–water partition coefficient (Wildman–Crippen LogP) is 3.51. The van der Waals surface area contributed by atoms with Crippen molar-refractivity contribution in [3.8, 4) is 0 Å². The standard InChI is InChI=1S/C26H31N5O2/c1-26(2,3)20-9-11-21(12-10-20)27-24(32)19-31-25(33)14-13-23(28-31)30-17-15-29(16-18-30)22-7-5-4-6-8-22/h4-14H,15-19H2,1-3H3,(H,27,32). The van der Waals surface area contributed by atoms with Gasteiger partial charge in [0.05, 0.1) is 0 Å². The van der Waals surface area contributed by atoms with Gasteiger partial charge in [-0.3, -0.25) is 9.59 Å². The molecule has 0 spiro atoms. The van der Waals surface area contributed by atoms with E-state index < -0.39 is 0 Å². The van der Waals surface area contributed by atoms with Crippen molar-refractivity contribution in [2.24, 2.45) is 0 Å². The zero-order valence-electron chi connectivity index (χ0n) is 19.5. The molecule has 0 aliphatic carbocycles. The molecule has 7 nitrogen and oxygen atoms in total. The van der Waals surface area contributed by atoms with Gasteiger partial charge in [0, 0.05) is 43.6 Å². The van der Waals surface area contributed by atoms with E-state index in [0.717, 1.165) is 26.2 Å². The maximum Gasteiger partial charge on any atom is 0.267 e. The summed E-state index contributed by atoms with van der Waals surface area (Å²) in [7, 11) is 0. The minimum atomic E-state index is -0.292. The lowest BCUT2D eigenvalue weighted by Crippen LogP contribution is -2.47. The zero-order chi connectivity index (χ0) is 23.4. The molecule has 0 bridgehead atoms. The molecular formula is C26H31N5O2. The summed E-state index contributed by atoms with van der Waals surface area (Å²) in [5.74, 6) is 0.434. The van der Waals surface area contributed by atoms with Gasteiger partial charge in [-0.1, -0.05) is 51.1 Å². The van der Waals surface area contributed by atoms with Crippen molar-refractivity contribution in [2.45, 2.75) is 32.7 Å². The van der Waals surface area contributed by atoms with Gasteiger partial charge in [0.2, 0.25) is 5.91 Å². The van der Waals surface area contributed by atoms with Crippen molar-refractivity contribution < 1.29 is 4.79 Å². The average molecular weight is 446 g/mol. The number of aromatic nitrogens is 2. The highest BCUT2D eigenvalue weighted by Crippen LogP contribution is 2.23. The van der Waals surface area contributed by atoms with Crippen molar-refractivity contribution in [3.63, 3.8) is 0 Å². The van der Waals surface area contributed by atoms with Crippen LogP contribution in [0.15, 0.2) is 71.5 Å². The first-order valence-corrected chi connectivity index (χ1v) is 11.3. The Kier molecular flexibility index (Phi) is 6.49. The molecule has 1 fully saturated rings. The highest BCUT2D eigenvalue weighted by atomic mass is 16.2. The summed E-state index contributed by atoms with van der Waals surface area (Å²) in [6, 6.07) is 21.3. The number of amides is 1. The second kappa shape index (κ2) is 9.48. The Labute approximate surface area is 194 Å². The second-order valence-electron chi connectivity index (χ2n) is 9.37. The van der Waals surface area contributed by atoms with Crippen LogP contribution in [0.3, 0.4) is 0 Å². The largest absolute Gasteiger partial charge is 0.368 e. The van der Waals surface area contributed by atoms with Crippen molar-refractivity contribution in [1.29, 1.82) is 0 Å². The summed E-state index contributed by atoms with van der Waals surface area (Å²) < 4.78 is 1.23. The van der Waals surface area contributed by atoms with Gasteiger partial charge in [-0.25, -0.2) is 4.68 Å². The molecule has 0 radical (unpaired) electrons. The molecule has 172 valence electrons. The summed E-state index contributed by atoms with van der Waals surface area (Å²) in [5, 5.41) is 7.33. The Morgan fingerprint density at radius 2 is 1.52 bits per heavy atom. The Bertz CT molecular complexity index is 1140. The number of benzene rings is 2. The third kappa shape index (κ3) is 5.61. The minimum absolute atomic E-state index is 0.0484. The first kappa shape index (κ1) is 22.6. The Morgan fingerprint density at radius 1 is 0.879 bits per heavy atom. The van der Waals surface area contributed by atoms with Crippen LogP contribution in [0.25, 0.3) is 0 Å². The summed E-state index contributed by atoms with van der Waals surface area (Å²) in [6.07, 6.45) is 0. The van der Waals surface area contributed by atoms with Crippen molar-refractivity contribution in [2.75, 3.05) is 41.3 Å². The molecular weight excluding hydrogens is 414 g/mol. The normalized spacial score (nSPS) is 14.3. The number of rotatable bonds is 5. The van der Waals surface area contributed by atoms with Gasteiger partial charge in [-0.2, -0.15) is 5.10 Å². The number of para-hydroxylation sites is 1. The molecule has 1 N–H and O–H groups in total. The van der Waals surface area contributed by atoms with Gasteiger partial charge in [-0.05, 0) is 41.3 Å². The van der Waals surface area contributed by atoms with E-state index >= 15 is 0 Å². The SMILES string of the molecule is CC(C)(C)c1ccc(NC(=O)Cn2nc(N3CCN(c4ccccc4)CC3)ccc2=O)cc1. The molecule has 1 aliphatic heterocycles. The Hall–Kier alpha value is -3.61. The van der Waals surface area contributed by atoms with E-state index in [1.807, 2.05) is 42.5 Å². The fourth-order valence-electron chi connectivity index (χ4n) is 3.94. The number of carbonyl (C=O) groups excluding carboxylic acids is 1. The highest BCUT2D eigenvalue weighted by Gasteiger charge is 2.19. The van der Waals surface area contributed by atoms with Gasteiger partial charge in [0.1, 0.15) is 12.4 Å². The monoisotopic (exact) mass is 445 g/mol. The van der Waals surface area contributed by atoms with Crippen LogP contribution in [0.1, 0.15) is 26.3 Å². The molecule has 0 saturated carbocycles. The number of nitrogens with zero attached hydrogens (tertiary/aromatic N) is 4. The number of carbonyl (C=O) groups is 1. The van der Waals surface area contributed by atoms with Crippen LogP contribution in [0, 0.1) is 0 Å². The van der Waals surface area contributed by atoms with Crippen LogP contribution in [0.4, 0.5) is 17.2 Å². The van der Waals surface area contributed by atoms with E-state index in [4.69, 9.17) is 0 Å². The van der Waals surface area contributed by atoms with E-state index in [-0.39, 0.29) is 23.4 Å². The molecule has 2 aromatic carbocycles. The molecule has 1 saturated heterocycles. The van der Waals surface area contributed by atoms with E-state index in [0.29, 0.717) is 11.5 Å². The van der Waals surface area contributed by atoms with Crippen LogP contribution < -0.4 is 20.7 Å². The molecule has 1 aliphatic rings. The van der Waals surface area contributed by atoms with Crippen molar-refractivity contribution >= 4 is 23.1 Å². The Morgan fingerprint density at radius 3 is 2.15 bits per heavy atom. The van der Waals surface area contributed by atoms with Gasteiger partial charge in [-0.15, -0.1) is 0 Å².